The summed E-state index contributed by atoms with van der Waals surface area (Å²) in [6.45, 7) is 2.97. The molecule has 1 aliphatic heterocycles. The molecule has 1 saturated heterocycles. The number of rotatable bonds is 6. The molecular formula is C17H24F3NO3. The summed E-state index contributed by atoms with van der Waals surface area (Å²) in [5.41, 5.74) is 0.960. The van der Waals surface area contributed by atoms with Gasteiger partial charge in [0.25, 0.3) is 0 Å². The van der Waals surface area contributed by atoms with Gasteiger partial charge in [0.2, 0.25) is 0 Å². The highest BCUT2D eigenvalue weighted by Gasteiger charge is 2.29. The Kier molecular flexibility index (Phi) is 6.34. The minimum atomic E-state index is -4.38. The lowest BCUT2D eigenvalue weighted by Crippen LogP contribution is -2.36. The predicted octanol–water partition coefficient (Wildman–Crippen LogP) is 3.23. The number of benzene rings is 1. The quantitative estimate of drug-likeness (QED) is 0.858. The first-order valence-electron chi connectivity index (χ1n) is 8.05. The van der Waals surface area contributed by atoms with E-state index in [4.69, 9.17) is 9.47 Å². The van der Waals surface area contributed by atoms with Crippen molar-refractivity contribution in [1.29, 1.82) is 0 Å². The second-order valence-corrected chi connectivity index (χ2v) is 6.24. The van der Waals surface area contributed by atoms with Gasteiger partial charge in [-0.2, -0.15) is 13.2 Å². The van der Waals surface area contributed by atoms with Gasteiger partial charge in [-0.1, -0.05) is 6.07 Å². The summed E-state index contributed by atoms with van der Waals surface area (Å²) >= 11 is 0. The van der Waals surface area contributed by atoms with E-state index in [1.54, 1.807) is 12.1 Å². The smallest absolute Gasteiger partial charge is 0.422 e. The average Bonchev–Trinajstić information content (AvgIpc) is 2.53. The predicted molar refractivity (Wildman–Crippen MR) is 84.2 cm³/mol. The van der Waals surface area contributed by atoms with Crippen LogP contribution in [-0.2, 0) is 6.54 Å². The van der Waals surface area contributed by atoms with Gasteiger partial charge >= 0.3 is 6.18 Å². The van der Waals surface area contributed by atoms with Crippen molar-refractivity contribution in [3.8, 4) is 11.5 Å². The maximum Gasteiger partial charge on any atom is 0.422 e. The largest absolute Gasteiger partial charge is 0.493 e. The molecule has 1 fully saturated rings. The van der Waals surface area contributed by atoms with Gasteiger partial charge in [-0.3, -0.25) is 4.90 Å². The summed E-state index contributed by atoms with van der Waals surface area (Å²) in [4.78, 5) is 2.27. The summed E-state index contributed by atoms with van der Waals surface area (Å²) in [6.07, 6.45) is -2.77. The Hall–Kier alpha value is -1.47. The molecule has 1 unspecified atom stereocenters. The number of hydrogen-bond acceptors (Lipinski definition) is 4. The van der Waals surface area contributed by atoms with Crippen LogP contribution in [0.1, 0.15) is 25.3 Å². The maximum atomic E-state index is 12.3. The third kappa shape index (κ3) is 5.56. The van der Waals surface area contributed by atoms with Crippen molar-refractivity contribution >= 4 is 0 Å². The first kappa shape index (κ1) is 18.9. The van der Waals surface area contributed by atoms with Crippen LogP contribution < -0.4 is 9.47 Å². The van der Waals surface area contributed by atoms with Gasteiger partial charge in [-0.05, 0) is 56.5 Å². The van der Waals surface area contributed by atoms with Gasteiger partial charge in [0.15, 0.2) is 18.1 Å². The summed E-state index contributed by atoms with van der Waals surface area (Å²) in [5.74, 6) is 0.732. The van der Waals surface area contributed by atoms with Crippen molar-refractivity contribution in [2.45, 2.75) is 38.6 Å². The summed E-state index contributed by atoms with van der Waals surface area (Å²) < 4.78 is 46.7. The molecule has 1 aliphatic rings. The van der Waals surface area contributed by atoms with E-state index in [-0.39, 0.29) is 11.9 Å². The molecule has 2 rings (SSSR count). The van der Waals surface area contributed by atoms with Crippen molar-refractivity contribution < 1.29 is 27.8 Å². The lowest BCUT2D eigenvalue weighted by atomic mass is 9.92. The Morgan fingerprint density at radius 1 is 1.25 bits per heavy atom. The number of aliphatic hydroxyl groups is 1. The first-order chi connectivity index (χ1) is 11.3. The van der Waals surface area contributed by atoms with Crippen molar-refractivity contribution in [2.24, 2.45) is 5.92 Å². The van der Waals surface area contributed by atoms with Crippen molar-refractivity contribution in [3.05, 3.63) is 23.8 Å². The Morgan fingerprint density at radius 2 is 1.92 bits per heavy atom. The molecule has 4 nitrogen and oxygen atoms in total. The standard InChI is InChI=1S/C17H24F3NO3/c1-12(22)14-5-7-21(8-6-14)10-13-3-4-15(16(9-13)23-2)24-11-17(18,19)20/h3-4,9,12,14,22H,5-8,10-11H2,1-2H3. The molecule has 0 aromatic heterocycles. The highest BCUT2D eigenvalue weighted by Crippen LogP contribution is 2.31. The van der Waals surface area contributed by atoms with Crippen LogP contribution in [0.15, 0.2) is 18.2 Å². The van der Waals surface area contributed by atoms with Gasteiger partial charge in [0.1, 0.15) is 0 Å². The first-order valence-corrected chi connectivity index (χ1v) is 8.05. The van der Waals surface area contributed by atoms with Crippen LogP contribution in [0.2, 0.25) is 0 Å². The molecule has 24 heavy (non-hydrogen) atoms. The number of nitrogens with zero attached hydrogens (tertiary/aromatic N) is 1. The van der Waals surface area contributed by atoms with E-state index in [1.807, 2.05) is 6.92 Å². The van der Waals surface area contributed by atoms with Crippen molar-refractivity contribution in [2.75, 3.05) is 26.8 Å². The number of ether oxygens (including phenoxy) is 2. The van der Waals surface area contributed by atoms with E-state index in [0.717, 1.165) is 31.5 Å². The van der Waals surface area contributed by atoms with Gasteiger partial charge in [-0.25, -0.2) is 0 Å². The SMILES string of the molecule is COc1cc(CN2CCC(C(C)O)CC2)ccc1OCC(F)(F)F. The molecule has 1 heterocycles. The van der Waals surface area contributed by atoms with E-state index in [1.165, 1.54) is 13.2 Å². The van der Waals surface area contributed by atoms with Crippen LogP contribution in [0.25, 0.3) is 0 Å². The molecule has 0 saturated carbocycles. The van der Waals surface area contributed by atoms with Crippen LogP contribution in [-0.4, -0.2) is 49.1 Å². The molecular weight excluding hydrogens is 323 g/mol. The molecule has 0 radical (unpaired) electrons. The summed E-state index contributed by atoms with van der Waals surface area (Å²) in [5, 5.41) is 9.63. The van der Waals surface area contributed by atoms with Gasteiger partial charge < -0.3 is 14.6 Å². The van der Waals surface area contributed by atoms with Crippen LogP contribution in [0.5, 0.6) is 11.5 Å². The second-order valence-electron chi connectivity index (χ2n) is 6.24. The van der Waals surface area contributed by atoms with Crippen LogP contribution in [0, 0.1) is 5.92 Å². The molecule has 1 aromatic rings. The van der Waals surface area contributed by atoms with E-state index in [2.05, 4.69) is 4.90 Å². The lowest BCUT2D eigenvalue weighted by Gasteiger charge is -2.33. The highest BCUT2D eigenvalue weighted by atomic mass is 19.4. The minimum absolute atomic E-state index is 0.0892. The zero-order valence-corrected chi connectivity index (χ0v) is 14.0. The Labute approximate surface area is 140 Å². The number of methoxy groups -OCH3 is 1. The molecule has 1 aromatic carbocycles. The molecule has 136 valence electrons. The monoisotopic (exact) mass is 347 g/mol. The fourth-order valence-corrected chi connectivity index (χ4v) is 2.94. The Bertz CT molecular complexity index is 526. The van der Waals surface area contributed by atoms with Gasteiger partial charge in [0, 0.05) is 6.54 Å². The van der Waals surface area contributed by atoms with E-state index >= 15 is 0 Å². The van der Waals surface area contributed by atoms with E-state index in [0.29, 0.717) is 18.2 Å². The molecule has 0 amide bonds. The second kappa shape index (κ2) is 8.07. The van der Waals surface area contributed by atoms with Crippen molar-refractivity contribution in [3.63, 3.8) is 0 Å². The normalized spacial score (nSPS) is 18.4. The Morgan fingerprint density at radius 3 is 2.46 bits per heavy atom. The van der Waals surface area contributed by atoms with E-state index < -0.39 is 12.8 Å². The average molecular weight is 347 g/mol. The Balaban J connectivity index is 1.95. The number of alkyl halides is 3. The lowest BCUT2D eigenvalue weighted by molar-refractivity contribution is -0.153. The van der Waals surface area contributed by atoms with Crippen molar-refractivity contribution in [1.82, 2.24) is 4.90 Å². The number of aliphatic hydroxyl groups excluding tert-OH is 1. The highest BCUT2D eigenvalue weighted by molar-refractivity contribution is 5.43. The van der Waals surface area contributed by atoms with Crippen LogP contribution in [0.3, 0.4) is 0 Å². The number of piperidine rings is 1. The van der Waals surface area contributed by atoms with E-state index in [9.17, 15) is 18.3 Å². The molecule has 7 heteroatoms. The molecule has 1 atom stereocenters. The molecule has 0 aliphatic carbocycles. The van der Waals surface area contributed by atoms with Gasteiger partial charge in [0.05, 0.1) is 13.2 Å². The maximum absolute atomic E-state index is 12.3. The zero-order valence-electron chi connectivity index (χ0n) is 14.0. The minimum Gasteiger partial charge on any atom is -0.493 e. The number of likely N-dealkylation sites (tertiary alicyclic amines) is 1. The number of halogens is 3. The van der Waals surface area contributed by atoms with Crippen LogP contribution in [0.4, 0.5) is 13.2 Å². The fraction of sp³-hybridized carbons (Fsp3) is 0.647. The zero-order chi connectivity index (χ0) is 17.7. The molecule has 1 N–H and O–H groups in total. The third-order valence-corrected chi connectivity index (χ3v) is 4.34. The number of hydrogen-bond donors (Lipinski definition) is 1. The molecule has 0 spiro atoms. The third-order valence-electron chi connectivity index (χ3n) is 4.34. The summed E-state index contributed by atoms with van der Waals surface area (Å²) in [7, 11) is 1.41. The fourth-order valence-electron chi connectivity index (χ4n) is 2.94. The summed E-state index contributed by atoms with van der Waals surface area (Å²) in [6, 6.07) is 4.99. The van der Waals surface area contributed by atoms with Crippen LogP contribution >= 0.6 is 0 Å². The van der Waals surface area contributed by atoms with Gasteiger partial charge in [-0.15, -0.1) is 0 Å². The topological polar surface area (TPSA) is 41.9 Å². The molecule has 0 bridgehead atoms.